The average Bonchev–Trinajstić information content (AvgIpc) is 2.97. The fraction of sp³-hybridized carbons (Fsp3) is 0.385. The lowest BCUT2D eigenvalue weighted by Crippen LogP contribution is -2.10. The third-order valence-corrected chi connectivity index (χ3v) is 3.70. The minimum absolute atomic E-state index is 0.0746. The van der Waals surface area contributed by atoms with E-state index in [1.807, 2.05) is 0 Å². The van der Waals surface area contributed by atoms with Crippen LogP contribution in [0.4, 0.5) is 0 Å². The van der Waals surface area contributed by atoms with Crippen LogP contribution in [0, 0.1) is 12.8 Å². The number of furan rings is 1. The Morgan fingerprint density at radius 3 is 2.81 bits per heavy atom. The zero-order valence-electron chi connectivity index (χ0n) is 9.16. The second kappa shape index (κ2) is 3.60. The summed E-state index contributed by atoms with van der Waals surface area (Å²) in [5, 5.41) is 1.14. The summed E-state index contributed by atoms with van der Waals surface area (Å²) in [5.41, 5.74) is 8.27. The van der Waals surface area contributed by atoms with Gasteiger partial charge in [0.25, 0.3) is 0 Å². The first-order chi connectivity index (χ1) is 7.65. The number of nitrogens with two attached hydrogens (primary N) is 1. The molecule has 1 aromatic heterocycles. The second-order valence-corrected chi connectivity index (χ2v) is 5.57. The molecule has 0 spiro atoms. The predicted molar refractivity (Wildman–Crippen MR) is 68.3 cm³/mol. The van der Waals surface area contributed by atoms with E-state index in [9.17, 15) is 0 Å². The molecule has 1 aromatic carbocycles. The van der Waals surface area contributed by atoms with Crippen molar-refractivity contribution in [2.45, 2.75) is 25.8 Å². The molecule has 0 aliphatic heterocycles. The van der Waals surface area contributed by atoms with Crippen LogP contribution < -0.4 is 5.73 Å². The van der Waals surface area contributed by atoms with E-state index < -0.39 is 0 Å². The Morgan fingerprint density at radius 2 is 2.12 bits per heavy atom. The highest BCUT2D eigenvalue weighted by molar-refractivity contribution is 9.10. The molecule has 1 unspecified atom stereocenters. The van der Waals surface area contributed by atoms with Crippen LogP contribution in [0.1, 0.15) is 30.2 Å². The van der Waals surface area contributed by atoms with Crippen molar-refractivity contribution in [3.8, 4) is 0 Å². The van der Waals surface area contributed by atoms with Crippen LogP contribution in [0.3, 0.4) is 0 Å². The van der Waals surface area contributed by atoms with Gasteiger partial charge in [-0.3, -0.25) is 0 Å². The predicted octanol–water partition coefficient (Wildman–Crippen LogP) is 3.91. The zero-order chi connectivity index (χ0) is 11.3. The highest BCUT2D eigenvalue weighted by Crippen LogP contribution is 2.41. The zero-order valence-corrected chi connectivity index (χ0v) is 10.8. The first-order valence-corrected chi connectivity index (χ1v) is 6.39. The van der Waals surface area contributed by atoms with Crippen molar-refractivity contribution >= 4 is 26.9 Å². The van der Waals surface area contributed by atoms with Crippen molar-refractivity contribution in [3.63, 3.8) is 0 Å². The minimum atomic E-state index is 0.0746. The third-order valence-electron chi connectivity index (χ3n) is 3.24. The normalized spacial score (nSPS) is 17.9. The lowest BCUT2D eigenvalue weighted by Gasteiger charge is -2.04. The number of fused-ring (bicyclic) bond motifs is 1. The molecule has 2 aromatic rings. The van der Waals surface area contributed by atoms with Crippen molar-refractivity contribution in [1.29, 1.82) is 0 Å². The topological polar surface area (TPSA) is 39.2 Å². The SMILES string of the molecule is Cc1cc(Br)cc2cc(C(N)C3CC3)oc12. The van der Waals surface area contributed by atoms with E-state index in [0.29, 0.717) is 5.92 Å². The van der Waals surface area contributed by atoms with Gasteiger partial charge in [-0.25, -0.2) is 0 Å². The molecule has 0 saturated heterocycles. The summed E-state index contributed by atoms with van der Waals surface area (Å²) in [4.78, 5) is 0. The van der Waals surface area contributed by atoms with Crippen LogP contribution >= 0.6 is 15.9 Å². The standard InChI is InChI=1S/C13H14BrNO/c1-7-4-10(14)5-9-6-11(16-13(7)9)12(15)8-2-3-8/h4-6,8,12H,2-3,15H2,1H3. The summed E-state index contributed by atoms with van der Waals surface area (Å²) >= 11 is 3.50. The summed E-state index contributed by atoms with van der Waals surface area (Å²) in [6, 6.07) is 6.30. The first kappa shape index (κ1) is 10.4. The van der Waals surface area contributed by atoms with Gasteiger partial charge in [0.1, 0.15) is 11.3 Å². The molecule has 1 saturated carbocycles. The summed E-state index contributed by atoms with van der Waals surface area (Å²) in [5.74, 6) is 1.56. The maximum atomic E-state index is 6.15. The summed E-state index contributed by atoms with van der Waals surface area (Å²) in [7, 11) is 0. The smallest absolute Gasteiger partial charge is 0.137 e. The molecule has 1 aliphatic rings. The van der Waals surface area contributed by atoms with E-state index >= 15 is 0 Å². The maximum Gasteiger partial charge on any atom is 0.137 e. The summed E-state index contributed by atoms with van der Waals surface area (Å²) < 4.78 is 6.96. The minimum Gasteiger partial charge on any atom is -0.459 e. The molecule has 0 amide bonds. The Balaban J connectivity index is 2.11. The molecule has 0 radical (unpaired) electrons. The van der Waals surface area contributed by atoms with Gasteiger partial charge in [-0.15, -0.1) is 0 Å². The van der Waals surface area contributed by atoms with Gasteiger partial charge in [-0.2, -0.15) is 0 Å². The van der Waals surface area contributed by atoms with Crippen molar-refractivity contribution < 1.29 is 4.42 Å². The largest absolute Gasteiger partial charge is 0.459 e. The van der Waals surface area contributed by atoms with E-state index in [-0.39, 0.29) is 6.04 Å². The van der Waals surface area contributed by atoms with Gasteiger partial charge in [-0.1, -0.05) is 15.9 Å². The van der Waals surface area contributed by atoms with Gasteiger partial charge in [0, 0.05) is 9.86 Å². The highest BCUT2D eigenvalue weighted by Gasteiger charge is 2.31. The number of benzene rings is 1. The van der Waals surface area contributed by atoms with Gasteiger partial charge in [0.2, 0.25) is 0 Å². The van der Waals surface area contributed by atoms with E-state index in [1.165, 1.54) is 12.8 Å². The van der Waals surface area contributed by atoms with Crippen LogP contribution in [0.5, 0.6) is 0 Å². The van der Waals surface area contributed by atoms with Gasteiger partial charge in [0.15, 0.2) is 0 Å². The molecule has 1 atom stereocenters. The van der Waals surface area contributed by atoms with E-state index in [4.69, 9.17) is 10.2 Å². The molecular weight excluding hydrogens is 266 g/mol. The molecule has 3 rings (SSSR count). The second-order valence-electron chi connectivity index (χ2n) is 4.65. The number of hydrogen-bond acceptors (Lipinski definition) is 2. The van der Waals surface area contributed by atoms with Crippen molar-refractivity contribution in [2.24, 2.45) is 11.7 Å². The molecule has 2 N–H and O–H groups in total. The summed E-state index contributed by atoms with van der Waals surface area (Å²) in [6.45, 7) is 2.06. The summed E-state index contributed by atoms with van der Waals surface area (Å²) in [6.07, 6.45) is 2.47. The molecule has 1 heterocycles. The van der Waals surface area contributed by atoms with Crippen molar-refractivity contribution in [2.75, 3.05) is 0 Å². The van der Waals surface area contributed by atoms with Crippen molar-refractivity contribution in [3.05, 3.63) is 34.0 Å². The first-order valence-electron chi connectivity index (χ1n) is 5.60. The molecule has 16 heavy (non-hydrogen) atoms. The lowest BCUT2D eigenvalue weighted by molar-refractivity contribution is 0.466. The van der Waals surface area contributed by atoms with E-state index in [1.54, 1.807) is 0 Å². The van der Waals surface area contributed by atoms with E-state index in [0.717, 1.165) is 26.8 Å². The molecule has 0 bridgehead atoms. The van der Waals surface area contributed by atoms with Crippen LogP contribution in [0.2, 0.25) is 0 Å². The molecule has 84 valence electrons. The van der Waals surface area contributed by atoms with Gasteiger partial charge in [-0.05, 0) is 49.4 Å². The fourth-order valence-electron chi connectivity index (χ4n) is 2.15. The molecular formula is C13H14BrNO. The number of aryl methyl sites for hydroxylation is 1. The number of halogens is 1. The van der Waals surface area contributed by atoms with Gasteiger partial charge >= 0.3 is 0 Å². The highest BCUT2D eigenvalue weighted by atomic mass is 79.9. The van der Waals surface area contributed by atoms with Crippen LogP contribution in [-0.4, -0.2) is 0 Å². The Hall–Kier alpha value is -0.800. The number of rotatable bonds is 2. The maximum absolute atomic E-state index is 6.15. The average molecular weight is 280 g/mol. The lowest BCUT2D eigenvalue weighted by atomic mass is 10.1. The monoisotopic (exact) mass is 279 g/mol. The van der Waals surface area contributed by atoms with Gasteiger partial charge in [0.05, 0.1) is 6.04 Å². The third kappa shape index (κ3) is 1.68. The molecule has 1 fully saturated rings. The van der Waals surface area contributed by atoms with Crippen molar-refractivity contribution in [1.82, 2.24) is 0 Å². The van der Waals surface area contributed by atoms with Gasteiger partial charge < -0.3 is 10.2 Å². The van der Waals surface area contributed by atoms with Crippen LogP contribution in [-0.2, 0) is 0 Å². The van der Waals surface area contributed by atoms with Crippen LogP contribution in [0.15, 0.2) is 27.1 Å². The molecule has 1 aliphatic carbocycles. The molecule has 2 nitrogen and oxygen atoms in total. The Labute approximate surface area is 103 Å². The van der Waals surface area contributed by atoms with Crippen LogP contribution in [0.25, 0.3) is 11.0 Å². The Bertz CT molecular complexity index is 542. The number of hydrogen-bond donors (Lipinski definition) is 1. The Kier molecular flexibility index (Phi) is 2.33. The Morgan fingerprint density at radius 1 is 1.38 bits per heavy atom. The molecule has 3 heteroatoms. The fourth-order valence-corrected chi connectivity index (χ4v) is 2.74. The quantitative estimate of drug-likeness (QED) is 0.905. The van der Waals surface area contributed by atoms with E-state index in [2.05, 4.69) is 41.1 Å².